The van der Waals surface area contributed by atoms with Crippen molar-refractivity contribution in [3.05, 3.63) is 29.8 Å². The summed E-state index contributed by atoms with van der Waals surface area (Å²) in [6.07, 6.45) is 3.18. The minimum absolute atomic E-state index is 0.281. The van der Waals surface area contributed by atoms with Crippen molar-refractivity contribution in [3.63, 3.8) is 0 Å². The predicted octanol–water partition coefficient (Wildman–Crippen LogP) is 3.53. The zero-order valence-corrected chi connectivity index (χ0v) is 13.6. The first-order chi connectivity index (χ1) is 9.35. The molecule has 0 bridgehead atoms. The molecule has 1 aromatic carbocycles. The van der Waals surface area contributed by atoms with Crippen molar-refractivity contribution < 1.29 is 4.74 Å². The van der Waals surface area contributed by atoms with E-state index in [0.29, 0.717) is 11.3 Å². The summed E-state index contributed by atoms with van der Waals surface area (Å²) in [5.41, 5.74) is 4.54. The lowest BCUT2D eigenvalue weighted by molar-refractivity contribution is 0.274. The molecule has 2 unspecified atom stereocenters. The highest BCUT2D eigenvalue weighted by molar-refractivity contribution is 5.33. The number of hydrogen-bond acceptors (Lipinski definition) is 3. The average molecular weight is 278 g/mol. The molecule has 3 N–H and O–H groups in total. The zero-order chi connectivity index (χ0) is 15.2. The Bertz CT molecular complexity index is 398. The third-order valence-electron chi connectivity index (χ3n) is 3.54. The van der Waals surface area contributed by atoms with E-state index >= 15 is 0 Å². The summed E-state index contributed by atoms with van der Waals surface area (Å²) in [6.45, 7) is 9.16. The number of hydrogen-bond donors (Lipinski definition) is 2. The minimum atomic E-state index is 0.281. The molecule has 0 aliphatic rings. The Kier molecular flexibility index (Phi) is 6.50. The first-order valence-corrected chi connectivity index (χ1v) is 7.43. The fourth-order valence-electron chi connectivity index (χ4n) is 2.96. The second-order valence-electron chi connectivity index (χ2n) is 6.99. The molecule has 114 valence electrons. The molecule has 3 nitrogen and oxygen atoms in total. The van der Waals surface area contributed by atoms with Gasteiger partial charge in [-0.25, -0.2) is 0 Å². The van der Waals surface area contributed by atoms with Gasteiger partial charge in [-0.2, -0.15) is 0 Å². The average Bonchev–Trinajstić information content (AvgIpc) is 2.36. The van der Waals surface area contributed by atoms with Gasteiger partial charge in [0.2, 0.25) is 0 Å². The SMILES string of the molecule is COc1ccccc1CC(CC(C)CC(C)(C)C)NN. The molecule has 0 spiro atoms. The van der Waals surface area contributed by atoms with Crippen LogP contribution < -0.4 is 16.0 Å². The lowest BCUT2D eigenvalue weighted by Gasteiger charge is -2.26. The number of benzene rings is 1. The van der Waals surface area contributed by atoms with E-state index in [1.165, 1.54) is 12.0 Å². The van der Waals surface area contributed by atoms with Gasteiger partial charge in [0.05, 0.1) is 7.11 Å². The predicted molar refractivity (Wildman–Crippen MR) is 85.7 cm³/mol. The summed E-state index contributed by atoms with van der Waals surface area (Å²) in [4.78, 5) is 0. The van der Waals surface area contributed by atoms with Gasteiger partial charge in [0.15, 0.2) is 0 Å². The van der Waals surface area contributed by atoms with Crippen molar-refractivity contribution in [1.82, 2.24) is 5.43 Å². The highest BCUT2D eigenvalue weighted by Crippen LogP contribution is 2.28. The summed E-state index contributed by atoms with van der Waals surface area (Å²) in [7, 11) is 1.71. The van der Waals surface area contributed by atoms with Gasteiger partial charge < -0.3 is 4.74 Å². The fourth-order valence-corrected chi connectivity index (χ4v) is 2.96. The number of nitrogens with two attached hydrogens (primary N) is 1. The molecule has 0 radical (unpaired) electrons. The summed E-state index contributed by atoms with van der Waals surface area (Å²) in [6, 6.07) is 8.43. The van der Waals surface area contributed by atoms with E-state index in [4.69, 9.17) is 10.6 Å². The maximum Gasteiger partial charge on any atom is 0.122 e. The Morgan fingerprint density at radius 2 is 1.90 bits per heavy atom. The second-order valence-corrected chi connectivity index (χ2v) is 6.99. The van der Waals surface area contributed by atoms with Crippen LogP contribution in [0.3, 0.4) is 0 Å². The number of nitrogens with one attached hydrogen (secondary N) is 1. The molecule has 0 saturated carbocycles. The molecule has 1 aromatic rings. The smallest absolute Gasteiger partial charge is 0.122 e. The largest absolute Gasteiger partial charge is 0.496 e. The summed E-state index contributed by atoms with van der Waals surface area (Å²) >= 11 is 0. The zero-order valence-electron chi connectivity index (χ0n) is 13.6. The molecular weight excluding hydrogens is 248 g/mol. The number of ether oxygens (including phenoxy) is 1. The van der Waals surface area contributed by atoms with E-state index in [9.17, 15) is 0 Å². The Hall–Kier alpha value is -1.06. The lowest BCUT2D eigenvalue weighted by atomic mass is 9.82. The molecular formula is C17H30N2O. The molecule has 0 amide bonds. The van der Waals surface area contributed by atoms with Crippen LogP contribution in [0.4, 0.5) is 0 Å². The van der Waals surface area contributed by atoms with E-state index in [0.717, 1.165) is 18.6 Å². The topological polar surface area (TPSA) is 47.3 Å². The fraction of sp³-hybridized carbons (Fsp3) is 0.647. The molecule has 0 aliphatic heterocycles. The highest BCUT2D eigenvalue weighted by Gasteiger charge is 2.19. The molecule has 2 atom stereocenters. The molecule has 1 rings (SSSR count). The van der Waals surface area contributed by atoms with Crippen LogP contribution in [0.2, 0.25) is 0 Å². The van der Waals surface area contributed by atoms with Crippen molar-refractivity contribution in [2.45, 2.75) is 53.0 Å². The summed E-state index contributed by atoms with van der Waals surface area (Å²) < 4.78 is 5.41. The third kappa shape index (κ3) is 5.93. The van der Waals surface area contributed by atoms with Crippen LogP contribution in [0.25, 0.3) is 0 Å². The Morgan fingerprint density at radius 1 is 1.25 bits per heavy atom. The van der Waals surface area contributed by atoms with Crippen LogP contribution in [0.5, 0.6) is 5.75 Å². The first kappa shape index (κ1) is 17.0. The van der Waals surface area contributed by atoms with Crippen LogP contribution >= 0.6 is 0 Å². The van der Waals surface area contributed by atoms with Crippen molar-refractivity contribution in [1.29, 1.82) is 0 Å². The van der Waals surface area contributed by atoms with E-state index in [2.05, 4.69) is 39.2 Å². The van der Waals surface area contributed by atoms with E-state index in [1.54, 1.807) is 7.11 Å². The molecule has 0 heterocycles. The van der Waals surface area contributed by atoms with Gasteiger partial charge in [-0.05, 0) is 42.2 Å². The van der Waals surface area contributed by atoms with Crippen molar-refractivity contribution in [3.8, 4) is 5.75 Å². The number of rotatable bonds is 7. The Morgan fingerprint density at radius 3 is 2.45 bits per heavy atom. The van der Waals surface area contributed by atoms with Crippen LogP contribution in [0, 0.1) is 11.3 Å². The highest BCUT2D eigenvalue weighted by atomic mass is 16.5. The molecule has 0 fully saturated rings. The van der Waals surface area contributed by atoms with Crippen molar-refractivity contribution >= 4 is 0 Å². The Balaban J connectivity index is 2.63. The van der Waals surface area contributed by atoms with Gasteiger partial charge >= 0.3 is 0 Å². The van der Waals surface area contributed by atoms with Crippen LogP contribution in [-0.4, -0.2) is 13.2 Å². The first-order valence-electron chi connectivity index (χ1n) is 7.43. The van der Waals surface area contributed by atoms with Gasteiger partial charge in [-0.15, -0.1) is 0 Å². The molecule has 20 heavy (non-hydrogen) atoms. The maximum absolute atomic E-state index is 5.73. The summed E-state index contributed by atoms with van der Waals surface area (Å²) in [5.74, 6) is 7.32. The Labute approximate surface area is 123 Å². The van der Waals surface area contributed by atoms with Gasteiger partial charge in [0, 0.05) is 6.04 Å². The standard InChI is InChI=1S/C17H30N2O/c1-13(12-17(2,3)4)10-15(19-18)11-14-8-6-7-9-16(14)20-5/h6-9,13,15,19H,10-12,18H2,1-5H3. The molecule has 3 heteroatoms. The van der Waals surface area contributed by atoms with Gasteiger partial charge in [0.1, 0.15) is 5.75 Å². The summed E-state index contributed by atoms with van der Waals surface area (Å²) in [5, 5.41) is 0. The van der Waals surface area contributed by atoms with Crippen molar-refractivity contribution in [2.75, 3.05) is 7.11 Å². The lowest BCUT2D eigenvalue weighted by Crippen LogP contribution is -2.38. The number of methoxy groups -OCH3 is 1. The van der Waals surface area contributed by atoms with Crippen LogP contribution in [0.1, 0.15) is 46.1 Å². The van der Waals surface area contributed by atoms with Gasteiger partial charge in [0.25, 0.3) is 0 Å². The quantitative estimate of drug-likeness (QED) is 0.592. The minimum Gasteiger partial charge on any atom is -0.496 e. The van der Waals surface area contributed by atoms with E-state index < -0.39 is 0 Å². The van der Waals surface area contributed by atoms with Crippen LogP contribution in [0.15, 0.2) is 24.3 Å². The van der Waals surface area contributed by atoms with Crippen LogP contribution in [-0.2, 0) is 6.42 Å². The third-order valence-corrected chi connectivity index (χ3v) is 3.54. The monoisotopic (exact) mass is 278 g/mol. The van der Waals surface area contributed by atoms with Crippen molar-refractivity contribution in [2.24, 2.45) is 17.2 Å². The molecule has 0 saturated heterocycles. The normalized spacial score (nSPS) is 14.9. The molecule has 0 aliphatic carbocycles. The number of hydrazine groups is 1. The molecule has 0 aromatic heterocycles. The maximum atomic E-state index is 5.73. The van der Waals surface area contributed by atoms with Gasteiger partial charge in [-0.3, -0.25) is 11.3 Å². The number of para-hydroxylation sites is 1. The second kappa shape index (κ2) is 7.65. The van der Waals surface area contributed by atoms with E-state index in [1.807, 2.05) is 18.2 Å². The van der Waals surface area contributed by atoms with Gasteiger partial charge in [-0.1, -0.05) is 45.9 Å². The van der Waals surface area contributed by atoms with E-state index in [-0.39, 0.29) is 6.04 Å².